The van der Waals surface area contributed by atoms with Gasteiger partial charge in [0, 0.05) is 18.0 Å². The summed E-state index contributed by atoms with van der Waals surface area (Å²) in [6, 6.07) is 12.5. The fourth-order valence-corrected chi connectivity index (χ4v) is 2.62. The molecule has 6 heteroatoms. The van der Waals surface area contributed by atoms with Gasteiger partial charge in [0.2, 0.25) is 5.91 Å². The quantitative estimate of drug-likeness (QED) is 0.649. The Morgan fingerprint density at radius 1 is 1.22 bits per heavy atom. The van der Waals surface area contributed by atoms with Crippen molar-refractivity contribution in [1.82, 2.24) is 5.32 Å². The van der Waals surface area contributed by atoms with Crippen molar-refractivity contribution < 1.29 is 19.4 Å². The molecule has 2 aromatic rings. The fraction of sp³-hybridized carbons (Fsp3) is 0.286. The zero-order valence-corrected chi connectivity index (χ0v) is 15.8. The standard InChI is InChI=1S/C21H22ClNO4/c1-3-12-27-19-9-6-16(14-20(19)26-2)10-11-23-21(25)18(24)13-15-4-7-17(22)8-5-15/h1,4-9,14,18,24H,10-13H2,2H3,(H,23,25). The summed E-state index contributed by atoms with van der Waals surface area (Å²) in [6.07, 6.45) is 4.90. The molecule has 0 radical (unpaired) electrons. The van der Waals surface area contributed by atoms with Crippen LogP contribution in [0.2, 0.25) is 5.02 Å². The Hall–Kier alpha value is -2.68. The smallest absolute Gasteiger partial charge is 0.249 e. The Kier molecular flexibility index (Phi) is 8.00. The summed E-state index contributed by atoms with van der Waals surface area (Å²) in [5, 5.41) is 13.4. The Morgan fingerprint density at radius 3 is 2.59 bits per heavy atom. The van der Waals surface area contributed by atoms with Crippen molar-refractivity contribution in [2.45, 2.75) is 18.9 Å². The molecular formula is C21H22ClNO4. The van der Waals surface area contributed by atoms with Crippen LogP contribution in [-0.4, -0.2) is 37.4 Å². The van der Waals surface area contributed by atoms with E-state index in [1.165, 1.54) is 0 Å². The van der Waals surface area contributed by atoms with Crippen LogP contribution in [0.15, 0.2) is 42.5 Å². The van der Waals surface area contributed by atoms with Crippen molar-refractivity contribution >= 4 is 17.5 Å². The topological polar surface area (TPSA) is 67.8 Å². The van der Waals surface area contributed by atoms with Crippen molar-refractivity contribution in [3.63, 3.8) is 0 Å². The van der Waals surface area contributed by atoms with Gasteiger partial charge in [0.1, 0.15) is 12.7 Å². The number of halogens is 1. The molecule has 5 nitrogen and oxygen atoms in total. The number of rotatable bonds is 9. The van der Waals surface area contributed by atoms with E-state index >= 15 is 0 Å². The molecule has 0 aromatic heterocycles. The number of aliphatic hydroxyl groups excluding tert-OH is 1. The van der Waals surface area contributed by atoms with E-state index in [1.807, 2.05) is 12.1 Å². The maximum atomic E-state index is 12.0. The van der Waals surface area contributed by atoms with E-state index in [0.717, 1.165) is 11.1 Å². The highest BCUT2D eigenvalue weighted by molar-refractivity contribution is 6.30. The average Bonchev–Trinajstić information content (AvgIpc) is 2.68. The van der Waals surface area contributed by atoms with Gasteiger partial charge >= 0.3 is 0 Å². The number of benzene rings is 2. The van der Waals surface area contributed by atoms with Crippen LogP contribution in [0.25, 0.3) is 0 Å². The number of terminal acetylenes is 1. The summed E-state index contributed by atoms with van der Waals surface area (Å²) in [5.41, 5.74) is 1.81. The van der Waals surface area contributed by atoms with E-state index in [9.17, 15) is 9.90 Å². The first-order valence-corrected chi connectivity index (χ1v) is 8.84. The first-order valence-electron chi connectivity index (χ1n) is 8.47. The number of hydrogen-bond donors (Lipinski definition) is 2. The Morgan fingerprint density at radius 2 is 1.93 bits per heavy atom. The second kappa shape index (κ2) is 10.5. The third-order valence-electron chi connectivity index (χ3n) is 3.90. The van der Waals surface area contributed by atoms with E-state index in [2.05, 4.69) is 11.2 Å². The van der Waals surface area contributed by atoms with Crippen LogP contribution < -0.4 is 14.8 Å². The fourth-order valence-electron chi connectivity index (χ4n) is 2.49. The van der Waals surface area contributed by atoms with Crippen molar-refractivity contribution in [3.8, 4) is 23.8 Å². The number of methoxy groups -OCH3 is 1. The largest absolute Gasteiger partial charge is 0.493 e. The number of carbonyl (C=O) groups is 1. The molecule has 2 N–H and O–H groups in total. The molecule has 0 heterocycles. The summed E-state index contributed by atoms with van der Waals surface area (Å²) >= 11 is 5.83. The summed E-state index contributed by atoms with van der Waals surface area (Å²) in [6.45, 7) is 0.557. The second-order valence-electron chi connectivity index (χ2n) is 5.87. The molecule has 0 aliphatic rings. The number of aliphatic hydroxyl groups is 1. The van der Waals surface area contributed by atoms with Gasteiger partial charge in [0.25, 0.3) is 0 Å². The first kappa shape index (κ1) is 20.6. The molecule has 0 aliphatic carbocycles. The van der Waals surface area contributed by atoms with Gasteiger partial charge in [-0.1, -0.05) is 35.7 Å². The van der Waals surface area contributed by atoms with Crippen LogP contribution in [-0.2, 0) is 17.6 Å². The monoisotopic (exact) mass is 387 g/mol. The highest BCUT2D eigenvalue weighted by Gasteiger charge is 2.15. The highest BCUT2D eigenvalue weighted by atomic mass is 35.5. The van der Waals surface area contributed by atoms with E-state index in [4.69, 9.17) is 27.5 Å². The van der Waals surface area contributed by atoms with Crippen LogP contribution in [0.1, 0.15) is 11.1 Å². The molecule has 142 valence electrons. The van der Waals surface area contributed by atoms with Gasteiger partial charge in [-0.05, 0) is 41.8 Å². The zero-order chi connectivity index (χ0) is 19.6. The molecule has 0 fully saturated rings. The lowest BCUT2D eigenvalue weighted by molar-refractivity contribution is -0.129. The van der Waals surface area contributed by atoms with E-state index in [0.29, 0.717) is 29.5 Å². The van der Waals surface area contributed by atoms with Gasteiger partial charge in [-0.3, -0.25) is 4.79 Å². The molecule has 0 saturated heterocycles. The lowest BCUT2D eigenvalue weighted by Crippen LogP contribution is -2.37. The number of nitrogens with one attached hydrogen (secondary N) is 1. The predicted octanol–water partition coefficient (Wildman–Crippen LogP) is 2.62. The molecule has 2 rings (SSSR count). The molecular weight excluding hydrogens is 366 g/mol. The number of ether oxygens (including phenoxy) is 2. The van der Waals surface area contributed by atoms with Crippen molar-refractivity contribution in [2.24, 2.45) is 0 Å². The van der Waals surface area contributed by atoms with Gasteiger partial charge in [0.05, 0.1) is 7.11 Å². The number of amides is 1. The summed E-state index contributed by atoms with van der Waals surface area (Å²) in [7, 11) is 1.55. The molecule has 0 aliphatic heterocycles. The molecule has 0 saturated carbocycles. The molecule has 1 amide bonds. The van der Waals surface area contributed by atoms with E-state index in [-0.39, 0.29) is 13.0 Å². The summed E-state index contributed by atoms with van der Waals surface area (Å²) in [4.78, 5) is 12.0. The van der Waals surface area contributed by atoms with Crippen LogP contribution in [0.3, 0.4) is 0 Å². The van der Waals surface area contributed by atoms with E-state index < -0.39 is 12.0 Å². The zero-order valence-electron chi connectivity index (χ0n) is 15.1. The minimum Gasteiger partial charge on any atom is -0.493 e. The maximum absolute atomic E-state index is 12.0. The third kappa shape index (κ3) is 6.52. The van der Waals surface area contributed by atoms with Crippen LogP contribution in [0.4, 0.5) is 0 Å². The first-order chi connectivity index (χ1) is 13.0. The van der Waals surface area contributed by atoms with Gasteiger partial charge in [-0.2, -0.15) is 0 Å². The summed E-state index contributed by atoms with van der Waals surface area (Å²) in [5.74, 6) is 3.14. The van der Waals surface area contributed by atoms with Crippen molar-refractivity contribution in [1.29, 1.82) is 0 Å². The molecule has 27 heavy (non-hydrogen) atoms. The van der Waals surface area contributed by atoms with Gasteiger partial charge in [-0.25, -0.2) is 0 Å². The third-order valence-corrected chi connectivity index (χ3v) is 4.15. The molecule has 1 atom stereocenters. The van der Waals surface area contributed by atoms with Crippen LogP contribution in [0.5, 0.6) is 11.5 Å². The normalized spacial score (nSPS) is 11.3. The van der Waals surface area contributed by atoms with Crippen molar-refractivity contribution in [2.75, 3.05) is 20.3 Å². The molecule has 1 unspecified atom stereocenters. The average molecular weight is 388 g/mol. The van der Waals surface area contributed by atoms with Crippen LogP contribution in [0, 0.1) is 12.3 Å². The highest BCUT2D eigenvalue weighted by Crippen LogP contribution is 2.28. The van der Waals surface area contributed by atoms with Gasteiger partial charge in [-0.15, -0.1) is 6.42 Å². The van der Waals surface area contributed by atoms with E-state index in [1.54, 1.807) is 37.4 Å². The Labute approximate surface area is 164 Å². The Bertz CT molecular complexity index is 799. The predicted molar refractivity (Wildman–Crippen MR) is 105 cm³/mol. The number of carbonyl (C=O) groups excluding carboxylic acids is 1. The lowest BCUT2D eigenvalue weighted by atomic mass is 10.1. The van der Waals surface area contributed by atoms with Gasteiger partial charge in [0.15, 0.2) is 11.5 Å². The summed E-state index contributed by atoms with van der Waals surface area (Å²) < 4.78 is 10.7. The lowest BCUT2D eigenvalue weighted by Gasteiger charge is -2.13. The SMILES string of the molecule is C#CCOc1ccc(CCNC(=O)C(O)Cc2ccc(Cl)cc2)cc1OC. The minimum absolute atomic E-state index is 0.164. The molecule has 0 bridgehead atoms. The minimum atomic E-state index is -1.11. The van der Waals surface area contributed by atoms with Crippen molar-refractivity contribution in [3.05, 3.63) is 58.6 Å². The number of hydrogen-bond acceptors (Lipinski definition) is 4. The molecule has 2 aromatic carbocycles. The Balaban J connectivity index is 1.83. The van der Waals surface area contributed by atoms with Gasteiger partial charge < -0.3 is 19.9 Å². The maximum Gasteiger partial charge on any atom is 0.249 e. The second-order valence-corrected chi connectivity index (χ2v) is 6.30. The van der Waals surface area contributed by atoms with Crippen LogP contribution >= 0.6 is 11.6 Å². The molecule has 0 spiro atoms.